The van der Waals surface area contributed by atoms with Crippen LogP contribution in [-0.2, 0) is 24.9 Å². The van der Waals surface area contributed by atoms with Crippen LogP contribution in [0.25, 0.3) is 11.5 Å². The highest BCUT2D eigenvalue weighted by Crippen LogP contribution is 2.29. The lowest BCUT2D eigenvalue weighted by molar-refractivity contribution is -0.137. The Bertz CT molecular complexity index is 943. The van der Waals surface area contributed by atoms with Gasteiger partial charge in [0.05, 0.1) is 13.7 Å². The summed E-state index contributed by atoms with van der Waals surface area (Å²) < 4.78 is 8.82. The molecule has 1 aromatic carbocycles. The number of hydrogen-bond acceptors (Lipinski definition) is 5. The van der Waals surface area contributed by atoms with E-state index in [1.807, 2.05) is 53.8 Å². The third-order valence-electron chi connectivity index (χ3n) is 4.74. The van der Waals surface area contributed by atoms with Crippen molar-refractivity contribution in [3.05, 3.63) is 47.9 Å². The third kappa shape index (κ3) is 2.63. The summed E-state index contributed by atoms with van der Waals surface area (Å²) >= 11 is 0. The molecule has 1 amide bonds. The van der Waals surface area contributed by atoms with Gasteiger partial charge in [-0.25, -0.2) is 0 Å². The normalized spacial score (nSPS) is 16.7. The van der Waals surface area contributed by atoms with Crippen molar-refractivity contribution < 1.29 is 9.53 Å². The topological polar surface area (TPSA) is 78.1 Å². The van der Waals surface area contributed by atoms with E-state index in [1.165, 1.54) is 0 Å². The van der Waals surface area contributed by atoms with E-state index in [4.69, 9.17) is 4.74 Å². The Balaban J connectivity index is 1.62. The highest BCUT2D eigenvalue weighted by atomic mass is 16.5. The second-order valence-corrected chi connectivity index (χ2v) is 6.37. The number of nitrogens with zero attached hydrogens (tertiary/aromatic N) is 6. The SMILES string of the molecule is COc1ccc(CN2Cc3nnc(-c4ccnn4C)n3[C@@H](C)C2=O)cc1. The lowest BCUT2D eigenvalue weighted by Crippen LogP contribution is -2.41. The number of fused-ring (bicyclic) bond motifs is 1. The quantitative estimate of drug-likeness (QED) is 0.715. The highest BCUT2D eigenvalue weighted by molar-refractivity contribution is 5.82. The number of aryl methyl sites for hydroxylation is 1. The lowest BCUT2D eigenvalue weighted by atomic mass is 10.1. The van der Waals surface area contributed by atoms with Crippen molar-refractivity contribution in [1.29, 1.82) is 0 Å². The molecule has 0 fully saturated rings. The van der Waals surface area contributed by atoms with Crippen LogP contribution in [0.3, 0.4) is 0 Å². The summed E-state index contributed by atoms with van der Waals surface area (Å²) in [6, 6.07) is 9.25. The molecule has 3 aromatic rings. The van der Waals surface area contributed by atoms with Gasteiger partial charge in [-0.05, 0) is 30.7 Å². The van der Waals surface area contributed by atoms with E-state index in [0.29, 0.717) is 18.9 Å². The number of carbonyl (C=O) groups excluding carboxylic acids is 1. The summed E-state index contributed by atoms with van der Waals surface area (Å²) in [5.74, 6) is 2.30. The maximum absolute atomic E-state index is 12.9. The molecule has 0 aliphatic carbocycles. The minimum Gasteiger partial charge on any atom is -0.497 e. The summed E-state index contributed by atoms with van der Waals surface area (Å²) in [6.45, 7) is 2.84. The van der Waals surface area contributed by atoms with Crippen LogP contribution in [0.5, 0.6) is 5.75 Å². The van der Waals surface area contributed by atoms with Crippen molar-refractivity contribution >= 4 is 5.91 Å². The first-order valence-corrected chi connectivity index (χ1v) is 8.42. The van der Waals surface area contributed by atoms with Crippen LogP contribution in [0.4, 0.5) is 0 Å². The van der Waals surface area contributed by atoms with Crippen molar-refractivity contribution in [2.24, 2.45) is 7.05 Å². The predicted molar refractivity (Wildman–Crippen MR) is 94.2 cm³/mol. The molecule has 8 heteroatoms. The van der Waals surface area contributed by atoms with E-state index in [2.05, 4.69) is 15.3 Å². The second-order valence-electron chi connectivity index (χ2n) is 6.37. The van der Waals surface area contributed by atoms with Crippen molar-refractivity contribution in [3.8, 4) is 17.3 Å². The Labute approximate surface area is 151 Å². The average molecular weight is 352 g/mol. The fraction of sp³-hybridized carbons (Fsp3) is 0.333. The van der Waals surface area contributed by atoms with Crippen LogP contribution in [0, 0.1) is 0 Å². The summed E-state index contributed by atoms with van der Waals surface area (Å²) in [5, 5.41) is 12.8. The Morgan fingerprint density at radius 1 is 1.19 bits per heavy atom. The van der Waals surface area contributed by atoms with Gasteiger partial charge in [0.25, 0.3) is 0 Å². The van der Waals surface area contributed by atoms with Gasteiger partial charge in [0, 0.05) is 19.8 Å². The Morgan fingerprint density at radius 2 is 1.96 bits per heavy atom. The van der Waals surface area contributed by atoms with E-state index in [-0.39, 0.29) is 11.9 Å². The van der Waals surface area contributed by atoms with Crippen LogP contribution in [0.15, 0.2) is 36.5 Å². The third-order valence-corrected chi connectivity index (χ3v) is 4.74. The molecule has 2 aromatic heterocycles. The van der Waals surface area contributed by atoms with Crippen LogP contribution in [0.1, 0.15) is 24.4 Å². The molecular weight excluding hydrogens is 332 g/mol. The second kappa shape index (κ2) is 6.29. The minimum absolute atomic E-state index is 0.0523. The maximum Gasteiger partial charge on any atom is 0.246 e. The fourth-order valence-electron chi connectivity index (χ4n) is 3.31. The van der Waals surface area contributed by atoms with Gasteiger partial charge in [-0.1, -0.05) is 12.1 Å². The van der Waals surface area contributed by atoms with Gasteiger partial charge in [-0.2, -0.15) is 5.10 Å². The highest BCUT2D eigenvalue weighted by Gasteiger charge is 2.34. The number of ether oxygens (including phenoxy) is 1. The Hall–Kier alpha value is -3.16. The molecule has 0 radical (unpaired) electrons. The smallest absolute Gasteiger partial charge is 0.246 e. The number of benzene rings is 1. The fourth-order valence-corrected chi connectivity index (χ4v) is 3.31. The monoisotopic (exact) mass is 352 g/mol. The van der Waals surface area contributed by atoms with Crippen LogP contribution < -0.4 is 4.74 Å². The number of hydrogen-bond donors (Lipinski definition) is 0. The molecule has 0 saturated heterocycles. The molecule has 4 rings (SSSR count). The number of methoxy groups -OCH3 is 1. The summed E-state index contributed by atoms with van der Waals surface area (Å²) in [6.07, 6.45) is 1.71. The molecule has 1 atom stereocenters. The molecule has 1 aliphatic rings. The maximum atomic E-state index is 12.9. The van der Waals surface area contributed by atoms with E-state index in [0.717, 1.165) is 22.8 Å². The molecule has 1 aliphatic heterocycles. The van der Waals surface area contributed by atoms with Gasteiger partial charge in [0.1, 0.15) is 17.5 Å². The van der Waals surface area contributed by atoms with Gasteiger partial charge in [0.15, 0.2) is 11.6 Å². The number of amides is 1. The van der Waals surface area contributed by atoms with Gasteiger partial charge in [-0.3, -0.25) is 14.0 Å². The zero-order valence-electron chi connectivity index (χ0n) is 15.0. The first-order chi connectivity index (χ1) is 12.6. The van der Waals surface area contributed by atoms with E-state index in [9.17, 15) is 4.79 Å². The zero-order chi connectivity index (χ0) is 18.3. The minimum atomic E-state index is -0.364. The largest absolute Gasteiger partial charge is 0.497 e. The molecule has 8 nitrogen and oxygen atoms in total. The molecule has 0 bridgehead atoms. The van der Waals surface area contributed by atoms with Gasteiger partial charge >= 0.3 is 0 Å². The zero-order valence-corrected chi connectivity index (χ0v) is 15.0. The molecule has 0 spiro atoms. The molecule has 134 valence electrons. The van der Waals surface area contributed by atoms with Crippen LogP contribution in [0.2, 0.25) is 0 Å². The number of carbonyl (C=O) groups is 1. The number of aromatic nitrogens is 5. The summed E-state index contributed by atoms with van der Waals surface area (Å²) in [5.41, 5.74) is 1.89. The van der Waals surface area contributed by atoms with Crippen molar-refractivity contribution in [1.82, 2.24) is 29.4 Å². The first kappa shape index (κ1) is 16.3. The summed E-state index contributed by atoms with van der Waals surface area (Å²) in [4.78, 5) is 14.7. The van der Waals surface area contributed by atoms with Crippen molar-refractivity contribution in [3.63, 3.8) is 0 Å². The van der Waals surface area contributed by atoms with Crippen molar-refractivity contribution in [2.75, 3.05) is 7.11 Å². The molecule has 26 heavy (non-hydrogen) atoms. The van der Waals surface area contributed by atoms with Crippen LogP contribution in [-0.4, -0.2) is 42.5 Å². The van der Waals surface area contributed by atoms with Gasteiger partial charge < -0.3 is 9.64 Å². The number of rotatable bonds is 4. The van der Waals surface area contributed by atoms with E-state index in [1.54, 1.807) is 18.0 Å². The van der Waals surface area contributed by atoms with E-state index >= 15 is 0 Å². The molecule has 3 heterocycles. The lowest BCUT2D eigenvalue weighted by Gasteiger charge is -2.32. The molecule has 0 saturated carbocycles. The Morgan fingerprint density at radius 3 is 2.62 bits per heavy atom. The predicted octanol–water partition coefficient (Wildman–Crippen LogP) is 1.79. The molecule has 0 N–H and O–H groups in total. The van der Waals surface area contributed by atoms with Gasteiger partial charge in [0.2, 0.25) is 5.91 Å². The van der Waals surface area contributed by atoms with Crippen molar-refractivity contribution in [2.45, 2.75) is 26.1 Å². The first-order valence-electron chi connectivity index (χ1n) is 8.42. The standard InChI is InChI=1S/C18H20N6O2/c1-12-18(25)23(10-13-4-6-14(26-3)7-5-13)11-16-20-21-17(24(12)16)15-8-9-19-22(15)2/h4-9,12H,10-11H2,1-3H3/t12-/m0/s1. The van der Waals surface area contributed by atoms with Crippen LogP contribution >= 0.6 is 0 Å². The molecule has 0 unspecified atom stereocenters. The summed E-state index contributed by atoms with van der Waals surface area (Å²) in [7, 11) is 3.49. The Kier molecular flexibility index (Phi) is 3.95. The van der Waals surface area contributed by atoms with Gasteiger partial charge in [-0.15, -0.1) is 10.2 Å². The van der Waals surface area contributed by atoms with E-state index < -0.39 is 0 Å². The molecular formula is C18H20N6O2. The average Bonchev–Trinajstić information content (AvgIpc) is 3.25.